The van der Waals surface area contributed by atoms with Crippen LogP contribution in [0.1, 0.15) is 71.1 Å². The normalized spacial score (nSPS) is 9.96. The summed E-state index contributed by atoms with van der Waals surface area (Å²) in [6.07, 6.45) is 10.4. The molecule has 2 N–H and O–H groups in total. The summed E-state index contributed by atoms with van der Waals surface area (Å²) in [6, 6.07) is 0. The van der Waals surface area contributed by atoms with E-state index in [0.29, 0.717) is 6.42 Å². The number of carboxylic acids is 2. The standard InChI is InChI=1S/C16H29NO5.Na.H/c1-2-3-4-5-6-7-8-9-10-11-14(18)17(12-15(19)20)13-16(21)22;;/h2-13H2,1H3,(H,19,20)(H,21,22);;. The molecule has 0 heterocycles. The molecule has 0 saturated heterocycles. The van der Waals surface area contributed by atoms with Crippen molar-refractivity contribution in [3.63, 3.8) is 0 Å². The van der Waals surface area contributed by atoms with Crippen molar-refractivity contribution in [2.75, 3.05) is 13.1 Å². The minimum atomic E-state index is -1.19. The predicted octanol–water partition coefficient (Wildman–Crippen LogP) is 2.26. The van der Waals surface area contributed by atoms with Crippen molar-refractivity contribution in [1.29, 1.82) is 0 Å². The molecule has 6 nitrogen and oxygen atoms in total. The first kappa shape index (κ1) is 24.7. The van der Waals surface area contributed by atoms with Crippen molar-refractivity contribution in [1.82, 2.24) is 4.90 Å². The molecule has 0 aliphatic rings. The van der Waals surface area contributed by atoms with E-state index >= 15 is 0 Å². The van der Waals surface area contributed by atoms with Crippen molar-refractivity contribution in [2.24, 2.45) is 0 Å². The van der Waals surface area contributed by atoms with Crippen LogP contribution in [0.3, 0.4) is 0 Å². The summed E-state index contributed by atoms with van der Waals surface area (Å²) in [5.41, 5.74) is 0. The van der Waals surface area contributed by atoms with E-state index < -0.39 is 30.9 Å². The Morgan fingerprint density at radius 2 is 1.13 bits per heavy atom. The van der Waals surface area contributed by atoms with Gasteiger partial charge in [-0.25, -0.2) is 0 Å². The van der Waals surface area contributed by atoms with Gasteiger partial charge in [-0.05, 0) is 6.42 Å². The second-order valence-corrected chi connectivity index (χ2v) is 5.62. The Bertz CT molecular complexity index is 333. The number of amides is 1. The van der Waals surface area contributed by atoms with Crippen molar-refractivity contribution >= 4 is 47.4 Å². The summed E-state index contributed by atoms with van der Waals surface area (Å²) in [7, 11) is 0. The van der Waals surface area contributed by atoms with E-state index in [1.165, 1.54) is 32.1 Å². The van der Waals surface area contributed by atoms with Crippen LogP contribution in [-0.4, -0.2) is 75.6 Å². The summed E-state index contributed by atoms with van der Waals surface area (Å²) >= 11 is 0. The molecular formula is C16H30NNaO5. The van der Waals surface area contributed by atoms with Gasteiger partial charge in [-0.15, -0.1) is 0 Å². The molecule has 0 aromatic heterocycles. The van der Waals surface area contributed by atoms with Gasteiger partial charge in [0.2, 0.25) is 5.91 Å². The molecule has 0 aliphatic carbocycles. The molecule has 0 fully saturated rings. The number of carbonyl (C=O) groups excluding carboxylic acids is 1. The number of aliphatic carboxylic acids is 2. The van der Waals surface area contributed by atoms with Crippen LogP contribution in [-0.2, 0) is 14.4 Å². The molecule has 1 amide bonds. The molecule has 0 radical (unpaired) electrons. The third kappa shape index (κ3) is 16.1. The van der Waals surface area contributed by atoms with Gasteiger partial charge in [-0.2, -0.15) is 0 Å². The summed E-state index contributed by atoms with van der Waals surface area (Å²) in [4.78, 5) is 34.0. The molecule has 0 aromatic rings. The van der Waals surface area contributed by atoms with E-state index in [2.05, 4.69) is 6.92 Å². The number of hydrogen-bond donors (Lipinski definition) is 2. The second kappa shape index (κ2) is 16.3. The van der Waals surface area contributed by atoms with Crippen LogP contribution in [0.15, 0.2) is 0 Å². The zero-order valence-corrected chi connectivity index (χ0v) is 13.6. The maximum absolute atomic E-state index is 11.8. The van der Waals surface area contributed by atoms with E-state index in [-0.39, 0.29) is 36.0 Å². The molecular weight excluding hydrogens is 309 g/mol. The Balaban J connectivity index is 0. The van der Waals surface area contributed by atoms with Crippen LogP contribution in [0.5, 0.6) is 0 Å². The van der Waals surface area contributed by atoms with Gasteiger partial charge in [-0.1, -0.05) is 58.3 Å². The van der Waals surface area contributed by atoms with Crippen LogP contribution in [0.4, 0.5) is 0 Å². The fourth-order valence-corrected chi connectivity index (χ4v) is 2.30. The Kier molecular flexibility index (Phi) is 17.4. The molecule has 0 saturated carbocycles. The van der Waals surface area contributed by atoms with E-state index in [1.54, 1.807) is 0 Å². The molecule has 0 unspecified atom stereocenters. The van der Waals surface area contributed by atoms with Gasteiger partial charge in [0.05, 0.1) is 0 Å². The SMILES string of the molecule is CCCCCCCCCCCC(=O)N(CC(=O)O)CC(=O)O.[NaH]. The van der Waals surface area contributed by atoms with Gasteiger partial charge >= 0.3 is 41.5 Å². The van der Waals surface area contributed by atoms with Gasteiger partial charge in [0.25, 0.3) is 0 Å². The van der Waals surface area contributed by atoms with Crippen LogP contribution < -0.4 is 0 Å². The second-order valence-electron chi connectivity index (χ2n) is 5.62. The molecule has 23 heavy (non-hydrogen) atoms. The molecule has 0 atom stereocenters. The molecule has 130 valence electrons. The monoisotopic (exact) mass is 339 g/mol. The number of carbonyl (C=O) groups is 3. The summed E-state index contributed by atoms with van der Waals surface area (Å²) < 4.78 is 0. The minimum absolute atomic E-state index is 0. The van der Waals surface area contributed by atoms with Gasteiger partial charge in [0.1, 0.15) is 13.1 Å². The molecule has 0 rings (SSSR count). The Morgan fingerprint density at radius 1 is 0.739 bits per heavy atom. The van der Waals surface area contributed by atoms with Crippen LogP contribution in [0, 0.1) is 0 Å². The van der Waals surface area contributed by atoms with Crippen LogP contribution in [0.2, 0.25) is 0 Å². The topological polar surface area (TPSA) is 94.9 Å². The number of rotatable bonds is 14. The molecule has 0 spiro atoms. The molecule has 7 heteroatoms. The maximum atomic E-state index is 11.8. The van der Waals surface area contributed by atoms with Gasteiger partial charge < -0.3 is 15.1 Å². The third-order valence-electron chi connectivity index (χ3n) is 3.50. The Labute approximate surface area is 160 Å². The number of nitrogens with zero attached hydrogens (tertiary/aromatic N) is 1. The van der Waals surface area contributed by atoms with Crippen LogP contribution >= 0.6 is 0 Å². The summed E-state index contributed by atoms with van der Waals surface area (Å²) in [6.45, 7) is 1.08. The zero-order valence-electron chi connectivity index (χ0n) is 13.6. The fraction of sp³-hybridized carbons (Fsp3) is 0.812. The van der Waals surface area contributed by atoms with E-state index in [1.807, 2.05) is 0 Å². The molecule has 0 aliphatic heterocycles. The van der Waals surface area contributed by atoms with Crippen LogP contribution in [0.25, 0.3) is 0 Å². The quantitative estimate of drug-likeness (QED) is 0.374. The van der Waals surface area contributed by atoms with Gasteiger partial charge in [0, 0.05) is 6.42 Å². The number of hydrogen-bond acceptors (Lipinski definition) is 3. The number of unbranched alkanes of at least 4 members (excludes halogenated alkanes) is 8. The fourth-order valence-electron chi connectivity index (χ4n) is 2.30. The average molecular weight is 339 g/mol. The van der Waals surface area contributed by atoms with Crippen molar-refractivity contribution in [2.45, 2.75) is 71.1 Å². The summed E-state index contributed by atoms with van der Waals surface area (Å²) in [5.74, 6) is -2.78. The zero-order chi connectivity index (χ0) is 16.8. The van der Waals surface area contributed by atoms with E-state index in [0.717, 1.165) is 24.2 Å². The first-order valence-electron chi connectivity index (χ1n) is 8.18. The average Bonchev–Trinajstić information content (AvgIpc) is 2.43. The van der Waals surface area contributed by atoms with Crippen molar-refractivity contribution in [3.05, 3.63) is 0 Å². The molecule has 0 aromatic carbocycles. The van der Waals surface area contributed by atoms with E-state index in [9.17, 15) is 14.4 Å². The van der Waals surface area contributed by atoms with Gasteiger partial charge in [-0.3, -0.25) is 14.4 Å². The first-order valence-corrected chi connectivity index (χ1v) is 8.18. The predicted molar refractivity (Wildman–Crippen MR) is 90.8 cm³/mol. The van der Waals surface area contributed by atoms with Gasteiger partial charge in [0.15, 0.2) is 0 Å². The van der Waals surface area contributed by atoms with E-state index in [4.69, 9.17) is 10.2 Å². The van der Waals surface area contributed by atoms with Crippen molar-refractivity contribution in [3.8, 4) is 0 Å². The summed E-state index contributed by atoms with van der Waals surface area (Å²) in [5, 5.41) is 17.4. The number of carboxylic acid groups (broad SMARTS) is 2. The van der Waals surface area contributed by atoms with Crippen molar-refractivity contribution < 1.29 is 24.6 Å². The third-order valence-corrected chi connectivity index (χ3v) is 3.50. The molecule has 0 bridgehead atoms. The Hall–Kier alpha value is -0.590. The Morgan fingerprint density at radius 3 is 1.52 bits per heavy atom. The first-order chi connectivity index (χ1) is 10.5.